The predicted molar refractivity (Wildman–Crippen MR) is 98.9 cm³/mol. The van der Waals surface area contributed by atoms with Crippen molar-refractivity contribution in [1.82, 2.24) is 0 Å². The summed E-state index contributed by atoms with van der Waals surface area (Å²) in [6.07, 6.45) is 0. The molecule has 0 N–H and O–H groups in total. The molecule has 1 aliphatic heterocycles. The van der Waals surface area contributed by atoms with Crippen LogP contribution in [0.2, 0.25) is 5.02 Å². The maximum absolute atomic E-state index is 12.5. The monoisotopic (exact) mass is 347 g/mol. The van der Waals surface area contributed by atoms with Gasteiger partial charge in [-0.1, -0.05) is 72.3 Å². The van der Waals surface area contributed by atoms with Gasteiger partial charge in [0.1, 0.15) is 0 Å². The van der Waals surface area contributed by atoms with Crippen LogP contribution in [-0.4, -0.2) is 11.7 Å². The van der Waals surface area contributed by atoms with Crippen LogP contribution in [0.1, 0.15) is 15.9 Å². The Labute approximate surface area is 150 Å². The highest BCUT2D eigenvalue weighted by atomic mass is 35.5. The summed E-state index contributed by atoms with van der Waals surface area (Å²) in [7, 11) is 0. The molecular weight excluding hydrogens is 334 g/mol. The fourth-order valence-corrected chi connectivity index (χ4v) is 3.44. The Kier molecular flexibility index (Phi) is 3.86. The van der Waals surface area contributed by atoms with Crippen molar-refractivity contribution in [1.29, 1.82) is 0 Å². The molecule has 3 nitrogen and oxygen atoms in total. The van der Waals surface area contributed by atoms with Crippen LogP contribution in [0.15, 0.2) is 72.8 Å². The topological polar surface area (TPSA) is 37.4 Å². The second-order valence-corrected chi connectivity index (χ2v) is 6.28. The van der Waals surface area contributed by atoms with E-state index in [-0.39, 0.29) is 0 Å². The average molecular weight is 348 g/mol. The number of nitrogens with zero attached hydrogens (tertiary/aromatic N) is 1. The maximum atomic E-state index is 12.5. The van der Waals surface area contributed by atoms with E-state index in [0.29, 0.717) is 22.8 Å². The number of hydrogen-bond acceptors (Lipinski definition) is 2. The number of rotatable bonds is 3. The van der Waals surface area contributed by atoms with E-state index in [1.54, 1.807) is 18.2 Å². The largest absolute Gasteiger partial charge is 0.300 e. The first-order valence-corrected chi connectivity index (χ1v) is 8.32. The molecule has 0 saturated carbocycles. The van der Waals surface area contributed by atoms with Crippen LogP contribution in [0.5, 0.6) is 0 Å². The minimum atomic E-state index is -0.544. The van der Waals surface area contributed by atoms with Crippen LogP contribution in [0.3, 0.4) is 0 Å². The number of carbonyl (C=O) groups excluding carboxylic acids is 2. The van der Waals surface area contributed by atoms with E-state index >= 15 is 0 Å². The molecule has 1 amide bonds. The van der Waals surface area contributed by atoms with Gasteiger partial charge >= 0.3 is 0 Å². The minimum absolute atomic E-state index is 0.298. The van der Waals surface area contributed by atoms with Crippen LogP contribution in [-0.2, 0) is 11.3 Å². The predicted octanol–water partition coefficient (Wildman–Crippen LogP) is 4.74. The Morgan fingerprint density at radius 3 is 2.32 bits per heavy atom. The third-order valence-electron chi connectivity index (χ3n) is 4.38. The Morgan fingerprint density at radius 1 is 0.800 bits per heavy atom. The van der Waals surface area contributed by atoms with Gasteiger partial charge in [0.05, 0.1) is 22.8 Å². The molecule has 0 unspecified atom stereocenters. The summed E-state index contributed by atoms with van der Waals surface area (Å²) in [6.45, 7) is 0.322. The number of amides is 1. The van der Waals surface area contributed by atoms with Crippen LogP contribution >= 0.6 is 11.6 Å². The quantitative estimate of drug-likeness (QED) is 0.642. The number of hydrogen-bond donors (Lipinski definition) is 0. The van der Waals surface area contributed by atoms with Gasteiger partial charge in [-0.25, -0.2) is 0 Å². The van der Waals surface area contributed by atoms with Gasteiger partial charge in [-0.05, 0) is 28.8 Å². The van der Waals surface area contributed by atoms with E-state index in [4.69, 9.17) is 11.6 Å². The molecule has 0 spiro atoms. The average Bonchev–Trinajstić information content (AvgIpc) is 2.89. The Bertz CT molecular complexity index is 982. The summed E-state index contributed by atoms with van der Waals surface area (Å²) in [4.78, 5) is 26.3. The van der Waals surface area contributed by atoms with Crippen molar-refractivity contribution >= 4 is 29.0 Å². The van der Waals surface area contributed by atoms with Crippen LogP contribution in [0.25, 0.3) is 11.1 Å². The SMILES string of the molecule is O=C1C(=O)N(Cc2ccccc2-c2ccccc2)c2cccc(Cl)c21. The second kappa shape index (κ2) is 6.19. The zero-order valence-electron chi connectivity index (χ0n) is 13.3. The fraction of sp³-hybridized carbons (Fsp3) is 0.0476. The van der Waals surface area contributed by atoms with Gasteiger partial charge in [0.15, 0.2) is 0 Å². The van der Waals surface area contributed by atoms with Crippen LogP contribution < -0.4 is 4.90 Å². The molecule has 1 aliphatic rings. The molecule has 0 fully saturated rings. The molecule has 0 bridgehead atoms. The normalized spacial score (nSPS) is 13.2. The highest BCUT2D eigenvalue weighted by Crippen LogP contribution is 2.36. The van der Waals surface area contributed by atoms with E-state index in [1.165, 1.54) is 4.90 Å². The molecular formula is C21H14ClNO2. The molecule has 4 rings (SSSR count). The van der Waals surface area contributed by atoms with Crippen molar-refractivity contribution in [2.75, 3.05) is 4.90 Å². The smallest absolute Gasteiger partial charge is 0.299 e. The third kappa shape index (κ3) is 2.63. The van der Waals surface area contributed by atoms with Gasteiger partial charge in [-0.2, -0.15) is 0 Å². The molecule has 25 heavy (non-hydrogen) atoms. The number of fused-ring (bicyclic) bond motifs is 1. The first-order valence-electron chi connectivity index (χ1n) is 7.95. The van der Waals surface area contributed by atoms with E-state index in [0.717, 1.165) is 16.7 Å². The summed E-state index contributed by atoms with van der Waals surface area (Å²) in [5, 5.41) is 0.315. The summed E-state index contributed by atoms with van der Waals surface area (Å²) in [5.41, 5.74) is 3.96. The molecule has 0 radical (unpaired) electrons. The Balaban J connectivity index is 1.77. The van der Waals surface area contributed by atoms with Crippen LogP contribution in [0, 0.1) is 0 Å². The number of Topliss-reactive ketones (excluding diaryl/α,β-unsaturated/α-hetero) is 1. The highest BCUT2D eigenvalue weighted by Gasteiger charge is 2.37. The van der Waals surface area contributed by atoms with Gasteiger partial charge in [0.2, 0.25) is 0 Å². The molecule has 4 heteroatoms. The van der Waals surface area contributed by atoms with Gasteiger partial charge in [0, 0.05) is 0 Å². The standard InChI is InChI=1S/C21H14ClNO2/c22-17-11-6-12-18-19(17)20(24)21(25)23(18)13-15-9-4-5-10-16(15)14-7-2-1-3-8-14/h1-12H,13H2. The lowest BCUT2D eigenvalue weighted by molar-refractivity contribution is -0.114. The number of anilines is 1. The molecule has 1 heterocycles. The molecule has 3 aromatic carbocycles. The number of carbonyl (C=O) groups is 2. The molecule has 122 valence electrons. The van der Waals surface area contributed by atoms with Gasteiger partial charge in [-0.3, -0.25) is 9.59 Å². The Morgan fingerprint density at radius 2 is 1.52 bits per heavy atom. The first-order chi connectivity index (χ1) is 12.2. The third-order valence-corrected chi connectivity index (χ3v) is 4.69. The molecule has 0 saturated heterocycles. The molecule has 0 aromatic heterocycles. The van der Waals surface area contributed by atoms with E-state index in [9.17, 15) is 9.59 Å². The van der Waals surface area contributed by atoms with Crippen molar-refractivity contribution in [3.05, 3.63) is 88.9 Å². The zero-order valence-corrected chi connectivity index (χ0v) is 14.0. The second-order valence-electron chi connectivity index (χ2n) is 5.88. The Hall–Kier alpha value is -2.91. The summed E-state index contributed by atoms with van der Waals surface area (Å²) >= 11 is 6.13. The lowest BCUT2D eigenvalue weighted by Gasteiger charge is -2.19. The molecule has 0 aliphatic carbocycles. The lowest BCUT2D eigenvalue weighted by atomic mass is 9.99. The van der Waals surface area contributed by atoms with Crippen molar-refractivity contribution < 1.29 is 9.59 Å². The van der Waals surface area contributed by atoms with Gasteiger partial charge < -0.3 is 4.90 Å². The zero-order chi connectivity index (χ0) is 17.4. The summed E-state index contributed by atoms with van der Waals surface area (Å²) < 4.78 is 0. The van der Waals surface area contributed by atoms with E-state index in [1.807, 2.05) is 54.6 Å². The van der Waals surface area contributed by atoms with Gasteiger partial charge in [-0.15, -0.1) is 0 Å². The fourth-order valence-electron chi connectivity index (χ4n) is 3.19. The summed E-state index contributed by atoms with van der Waals surface area (Å²) in [5.74, 6) is -1.08. The highest BCUT2D eigenvalue weighted by molar-refractivity contribution is 6.55. The van der Waals surface area contributed by atoms with Gasteiger partial charge in [0.25, 0.3) is 11.7 Å². The van der Waals surface area contributed by atoms with E-state index < -0.39 is 11.7 Å². The van der Waals surface area contributed by atoms with E-state index in [2.05, 4.69) is 0 Å². The van der Waals surface area contributed by atoms with Crippen LogP contribution in [0.4, 0.5) is 5.69 Å². The number of benzene rings is 3. The van der Waals surface area contributed by atoms with Crippen molar-refractivity contribution in [3.63, 3.8) is 0 Å². The van der Waals surface area contributed by atoms with Crippen molar-refractivity contribution in [3.8, 4) is 11.1 Å². The maximum Gasteiger partial charge on any atom is 0.299 e. The van der Waals surface area contributed by atoms with Crippen molar-refractivity contribution in [2.24, 2.45) is 0 Å². The number of halogens is 1. The number of ketones is 1. The minimum Gasteiger partial charge on any atom is -0.300 e. The molecule has 3 aromatic rings. The first kappa shape index (κ1) is 15.6. The molecule has 0 atom stereocenters. The lowest BCUT2D eigenvalue weighted by Crippen LogP contribution is -2.29. The summed E-state index contributed by atoms with van der Waals surface area (Å²) in [6, 6.07) is 23.0. The van der Waals surface area contributed by atoms with Crippen molar-refractivity contribution in [2.45, 2.75) is 6.54 Å².